The monoisotopic (exact) mass is 308 g/mol. The van der Waals surface area contributed by atoms with Crippen LogP contribution >= 0.6 is 0 Å². The smallest absolute Gasteiger partial charge is 0.193 e. The van der Waals surface area contributed by atoms with Gasteiger partial charge in [-0.15, -0.1) is 10.2 Å². The third kappa shape index (κ3) is 6.03. The molecule has 1 aromatic rings. The van der Waals surface area contributed by atoms with Gasteiger partial charge in [0.1, 0.15) is 12.2 Å². The van der Waals surface area contributed by atoms with Crippen LogP contribution in [-0.2, 0) is 13.0 Å². The lowest BCUT2D eigenvalue weighted by molar-refractivity contribution is 0.449. The van der Waals surface area contributed by atoms with Gasteiger partial charge < -0.3 is 14.8 Å². The fourth-order valence-corrected chi connectivity index (χ4v) is 2.10. The molecule has 0 spiro atoms. The fraction of sp³-hybridized carbons (Fsp3) is 0.812. The molecule has 1 heterocycles. The average molecular weight is 308 g/mol. The molecule has 1 unspecified atom stereocenters. The van der Waals surface area contributed by atoms with Crippen molar-refractivity contribution in [3.8, 4) is 0 Å². The summed E-state index contributed by atoms with van der Waals surface area (Å²) in [5.74, 6) is 2.01. The highest BCUT2D eigenvalue weighted by Gasteiger charge is 2.09. The Morgan fingerprint density at radius 3 is 2.82 bits per heavy atom. The number of hydrogen-bond acceptors (Lipinski definition) is 3. The summed E-state index contributed by atoms with van der Waals surface area (Å²) in [7, 11) is 2.11. The van der Waals surface area contributed by atoms with Crippen molar-refractivity contribution in [3.05, 3.63) is 12.2 Å². The molecule has 6 heteroatoms. The van der Waals surface area contributed by atoms with Gasteiger partial charge in [0, 0.05) is 32.6 Å². The molecule has 126 valence electrons. The van der Waals surface area contributed by atoms with Gasteiger partial charge in [-0.1, -0.05) is 27.2 Å². The summed E-state index contributed by atoms with van der Waals surface area (Å²) < 4.78 is 2.08. The number of rotatable bonds is 9. The van der Waals surface area contributed by atoms with E-state index in [2.05, 4.69) is 59.7 Å². The highest BCUT2D eigenvalue weighted by atomic mass is 15.3. The van der Waals surface area contributed by atoms with E-state index in [9.17, 15) is 0 Å². The molecule has 1 rings (SSSR count). The van der Waals surface area contributed by atoms with Crippen molar-refractivity contribution >= 4 is 5.96 Å². The molecule has 0 amide bonds. The molecule has 0 bridgehead atoms. The van der Waals surface area contributed by atoms with Gasteiger partial charge in [0.2, 0.25) is 0 Å². The minimum absolute atomic E-state index is 0.434. The summed E-state index contributed by atoms with van der Waals surface area (Å²) in [6, 6.07) is 0.434. The molecule has 0 fully saturated rings. The van der Waals surface area contributed by atoms with Crippen LogP contribution in [0, 0.1) is 0 Å². The zero-order valence-corrected chi connectivity index (χ0v) is 14.8. The van der Waals surface area contributed by atoms with Crippen molar-refractivity contribution in [2.45, 2.75) is 66.0 Å². The minimum atomic E-state index is 0.434. The van der Waals surface area contributed by atoms with Crippen LogP contribution in [0.15, 0.2) is 11.3 Å². The highest BCUT2D eigenvalue weighted by Crippen LogP contribution is 1.99. The van der Waals surface area contributed by atoms with E-state index < -0.39 is 0 Å². The van der Waals surface area contributed by atoms with Crippen molar-refractivity contribution in [3.63, 3.8) is 0 Å². The van der Waals surface area contributed by atoms with E-state index in [-0.39, 0.29) is 0 Å². The van der Waals surface area contributed by atoms with Crippen LogP contribution in [0.25, 0.3) is 0 Å². The average Bonchev–Trinajstić information content (AvgIpc) is 2.98. The number of aryl methyl sites for hydroxylation is 1. The number of nitrogens with zero attached hydrogens (tertiary/aromatic N) is 5. The predicted molar refractivity (Wildman–Crippen MR) is 92.1 cm³/mol. The topological polar surface area (TPSA) is 58.3 Å². The maximum absolute atomic E-state index is 4.77. The number of unbranched alkanes of at least 4 members (excludes halogenated alkanes) is 1. The summed E-state index contributed by atoms with van der Waals surface area (Å²) in [5.41, 5.74) is 0. The lowest BCUT2D eigenvalue weighted by Gasteiger charge is -2.25. The molecule has 6 nitrogen and oxygen atoms in total. The Labute approximate surface area is 135 Å². The second-order valence-corrected chi connectivity index (χ2v) is 5.73. The molecule has 0 saturated heterocycles. The number of nitrogens with one attached hydrogen (secondary N) is 1. The lowest BCUT2D eigenvalue weighted by atomic mass is 10.2. The first-order chi connectivity index (χ1) is 10.6. The van der Waals surface area contributed by atoms with E-state index in [0.29, 0.717) is 6.04 Å². The van der Waals surface area contributed by atoms with E-state index in [1.54, 1.807) is 6.33 Å². The van der Waals surface area contributed by atoms with Gasteiger partial charge in [0.15, 0.2) is 5.96 Å². The maximum Gasteiger partial charge on any atom is 0.193 e. The first-order valence-corrected chi connectivity index (χ1v) is 8.51. The Hall–Kier alpha value is -1.59. The zero-order chi connectivity index (χ0) is 16.4. The first-order valence-electron chi connectivity index (χ1n) is 8.51. The number of aromatic nitrogens is 3. The van der Waals surface area contributed by atoms with Gasteiger partial charge >= 0.3 is 0 Å². The maximum atomic E-state index is 4.77. The van der Waals surface area contributed by atoms with Crippen LogP contribution < -0.4 is 5.32 Å². The van der Waals surface area contributed by atoms with E-state index in [1.165, 1.54) is 12.8 Å². The Balaban J connectivity index is 2.64. The molecular weight excluding hydrogens is 276 g/mol. The SMILES string of the molecule is CCCCN(C)C(=NCCn1cnnc1CC)NC(C)CC. The zero-order valence-electron chi connectivity index (χ0n) is 14.8. The van der Waals surface area contributed by atoms with Crippen molar-refractivity contribution in [1.29, 1.82) is 0 Å². The Morgan fingerprint density at radius 2 is 2.18 bits per heavy atom. The van der Waals surface area contributed by atoms with E-state index in [1.807, 2.05) is 0 Å². The normalized spacial score (nSPS) is 13.2. The molecule has 0 radical (unpaired) electrons. The Bertz CT molecular complexity index is 440. The third-order valence-corrected chi connectivity index (χ3v) is 3.81. The van der Waals surface area contributed by atoms with Gasteiger partial charge in [0.25, 0.3) is 0 Å². The largest absolute Gasteiger partial charge is 0.354 e. The van der Waals surface area contributed by atoms with E-state index >= 15 is 0 Å². The standard InChI is InChI=1S/C16H32N6/c1-6-9-11-21(5)16(19-14(4)7-2)17-10-12-22-13-18-20-15(22)8-3/h13-14H,6-12H2,1-5H3,(H,17,19). The van der Waals surface area contributed by atoms with Crippen LogP contribution in [0.3, 0.4) is 0 Å². The second kappa shape index (κ2) is 10.2. The summed E-state index contributed by atoms with van der Waals surface area (Å²) >= 11 is 0. The molecule has 1 atom stereocenters. The van der Waals surface area contributed by atoms with Crippen LogP contribution in [-0.4, -0.2) is 51.8 Å². The molecule has 0 aliphatic heterocycles. The molecular formula is C16H32N6. The third-order valence-electron chi connectivity index (χ3n) is 3.81. The van der Waals surface area contributed by atoms with Gasteiger partial charge in [-0.2, -0.15) is 0 Å². The highest BCUT2D eigenvalue weighted by molar-refractivity contribution is 5.80. The van der Waals surface area contributed by atoms with Crippen LogP contribution in [0.4, 0.5) is 0 Å². The Morgan fingerprint density at radius 1 is 1.41 bits per heavy atom. The summed E-state index contributed by atoms with van der Waals surface area (Å²) in [6.45, 7) is 11.3. The molecule has 1 N–H and O–H groups in total. The first kappa shape index (κ1) is 18.5. The van der Waals surface area contributed by atoms with Crippen LogP contribution in [0.1, 0.15) is 52.8 Å². The van der Waals surface area contributed by atoms with Crippen molar-refractivity contribution in [2.24, 2.45) is 4.99 Å². The van der Waals surface area contributed by atoms with Gasteiger partial charge in [0.05, 0.1) is 6.54 Å². The van der Waals surface area contributed by atoms with Crippen molar-refractivity contribution in [2.75, 3.05) is 20.1 Å². The molecule has 0 aliphatic carbocycles. The molecule has 0 saturated carbocycles. The number of aliphatic imine (C=N–C) groups is 1. The molecule has 1 aromatic heterocycles. The quantitative estimate of drug-likeness (QED) is 0.562. The number of guanidine groups is 1. The van der Waals surface area contributed by atoms with E-state index in [0.717, 1.165) is 44.3 Å². The van der Waals surface area contributed by atoms with Crippen LogP contribution in [0.5, 0.6) is 0 Å². The Kier molecular flexibility index (Phi) is 8.55. The second-order valence-electron chi connectivity index (χ2n) is 5.73. The predicted octanol–water partition coefficient (Wildman–Crippen LogP) is 2.32. The molecule has 0 aromatic carbocycles. The van der Waals surface area contributed by atoms with E-state index in [4.69, 9.17) is 4.99 Å². The molecule has 22 heavy (non-hydrogen) atoms. The molecule has 0 aliphatic rings. The summed E-state index contributed by atoms with van der Waals surface area (Å²) in [6.07, 6.45) is 6.16. The van der Waals surface area contributed by atoms with Gasteiger partial charge in [-0.25, -0.2) is 0 Å². The van der Waals surface area contributed by atoms with Crippen LogP contribution in [0.2, 0.25) is 0 Å². The van der Waals surface area contributed by atoms with Gasteiger partial charge in [-0.3, -0.25) is 4.99 Å². The summed E-state index contributed by atoms with van der Waals surface area (Å²) in [4.78, 5) is 6.99. The lowest BCUT2D eigenvalue weighted by Crippen LogP contribution is -2.43. The number of hydrogen-bond donors (Lipinski definition) is 1. The van der Waals surface area contributed by atoms with Crippen molar-refractivity contribution < 1.29 is 0 Å². The minimum Gasteiger partial charge on any atom is -0.354 e. The van der Waals surface area contributed by atoms with Crippen molar-refractivity contribution in [1.82, 2.24) is 25.0 Å². The summed E-state index contributed by atoms with van der Waals surface area (Å²) in [5, 5.41) is 11.6. The van der Waals surface area contributed by atoms with Gasteiger partial charge in [-0.05, 0) is 19.8 Å². The fourth-order valence-electron chi connectivity index (χ4n) is 2.10.